The van der Waals surface area contributed by atoms with Crippen LogP contribution in [-0.2, 0) is 52.6 Å². The van der Waals surface area contributed by atoms with Crippen LogP contribution in [0.2, 0.25) is 0 Å². The summed E-state index contributed by atoms with van der Waals surface area (Å²) in [4.78, 5) is 127. The van der Waals surface area contributed by atoms with Crippen LogP contribution in [0.25, 0.3) is 0 Å². The second kappa shape index (κ2) is 40.4. The van der Waals surface area contributed by atoms with Crippen LogP contribution in [0, 0.1) is 53.3 Å². The number of rotatable bonds is 28. The number of carbonyl (C=O) groups excluding carboxylic acids is 9. The number of nitrogens with one attached hydrogen (secondary N) is 3. The van der Waals surface area contributed by atoms with Gasteiger partial charge in [0.15, 0.2) is 11.6 Å². The Morgan fingerprint density at radius 1 is 0.464 bits per heavy atom. The molecule has 6 amide bonds. The first kappa shape index (κ1) is 85.5. The molecule has 0 aromatic rings. The second-order valence-electron chi connectivity index (χ2n) is 26.6. The number of amides is 6. The van der Waals surface area contributed by atoms with Gasteiger partial charge in [-0.25, -0.2) is 36.7 Å². The van der Waals surface area contributed by atoms with Crippen molar-refractivity contribution >= 4 is 65.3 Å². The van der Waals surface area contributed by atoms with Gasteiger partial charge >= 0.3 is 30.2 Å². The normalized spacial score (nSPS) is 21.0. The highest BCUT2D eigenvalue weighted by atomic mass is 19.2. The number of carboxylic acid groups (broad SMARTS) is 2. The van der Waals surface area contributed by atoms with Crippen molar-refractivity contribution in [2.45, 2.75) is 285 Å². The number of nitrogens with two attached hydrogens (primary N) is 4. The highest BCUT2D eigenvalue weighted by Crippen LogP contribution is 2.49. The predicted octanol–water partition coefficient (Wildman–Crippen LogP) is 6.91. The van der Waals surface area contributed by atoms with E-state index < -0.39 is 141 Å². The highest BCUT2D eigenvalue weighted by Gasteiger charge is 2.52. The lowest BCUT2D eigenvalue weighted by Crippen LogP contribution is -2.60. The van der Waals surface area contributed by atoms with Crippen LogP contribution in [0.1, 0.15) is 227 Å². The van der Waals surface area contributed by atoms with E-state index in [1.807, 2.05) is 0 Å². The van der Waals surface area contributed by atoms with E-state index in [1.54, 1.807) is 27.7 Å². The third kappa shape index (κ3) is 28.4. The van der Waals surface area contributed by atoms with Gasteiger partial charge in [-0.05, 0) is 147 Å². The number of alkyl halides is 4. The molecule has 2 unspecified atom stereocenters. The quantitative estimate of drug-likeness (QED) is 0.0164. The molecule has 6 atom stereocenters. The monoisotopic (exact) mass is 1380 g/mol. The lowest BCUT2D eigenvalue weighted by atomic mass is 9.61. The number of hydrogen-bond acceptors (Lipinski definition) is 17. The van der Waals surface area contributed by atoms with Crippen molar-refractivity contribution in [3.63, 3.8) is 0 Å². The maximum atomic E-state index is 14.9. The minimum absolute atomic E-state index is 0.118. The average Bonchev–Trinajstić information content (AvgIpc) is 1.45. The van der Waals surface area contributed by atoms with Gasteiger partial charge in [-0.1, -0.05) is 71.1 Å². The number of terminal acetylenes is 2. The molecule has 7 aliphatic carbocycles. The van der Waals surface area contributed by atoms with E-state index in [1.165, 1.54) is 0 Å². The topological polar surface area (TPSA) is 437 Å². The van der Waals surface area contributed by atoms with Gasteiger partial charge in [0, 0.05) is 42.9 Å². The Morgan fingerprint density at radius 2 is 0.784 bits per heavy atom. The lowest BCUT2D eigenvalue weighted by Gasteiger charge is -2.44. The molecular formula is C68H103F4N7O18. The SMILES string of the molecule is C#CC#CC#C.CCOC(=O)N[C@@H](CC1(F)CCCC1)C(=O)CC1(C(=O)C(N)=O)CCC1.CCOC(=O)N[C@@H](CC1(F)CCCC1)C(=O)CC1(C(O)C(N)=O)CCC1.CCOC(=O)N[C@@H](CC1(F)CCCC1)C(=O)O.C[C@@H](CC1(F)CCCC1)C(=O)O.NC(=O)C(O)C1(N)CCC1. The molecule has 0 radical (unpaired) electrons. The molecule has 0 spiro atoms. The standard InChI is InChI=1S/C18H29FN2O5.C18H27FN2O5.C11H18FNO4.C9H15FO2.C6H12N2O2.C6H2/c2*1-2-26-16(25)21-12(10-18(19)8-3-4-9-18)13(22)11-17(6-5-7-17)14(23)15(20)24;1-2-17-10(16)13-8(9(14)15)7-11(12)5-3-4-6-11;1-7(8(11)12)6-9(10)4-2-3-5-9;7-5(10)4(9)6(8)2-1-3-6;1-3-5-6-4-2/h12,14,23H,2-11H2,1H3,(H2,20,24)(H,21,25);12H,2-11H2,1H3,(H2,20,24)(H,21,25);8H,2-7H2,1H3,(H,13,16)(H,14,15);7H,2-6H2,1H3,(H,11,12);4,9H,1-3,8H2,(H2,7,10);1-2H/t12-,14?;12-;8-;7-;;/m0000../s1. The molecule has 7 saturated carbocycles. The number of primary amides is 3. The molecule has 97 heavy (non-hydrogen) atoms. The molecule has 29 heteroatoms. The third-order valence-corrected chi connectivity index (χ3v) is 19.1. The predicted molar refractivity (Wildman–Crippen MR) is 347 cm³/mol. The molecule has 7 aliphatic rings. The molecular weight excluding hydrogens is 1280 g/mol. The van der Waals surface area contributed by atoms with Gasteiger partial charge in [-0.15, -0.1) is 12.8 Å². The molecule has 25 nitrogen and oxygen atoms in total. The number of ketones is 3. The van der Waals surface area contributed by atoms with Gasteiger partial charge in [-0.2, -0.15) is 0 Å². The summed E-state index contributed by atoms with van der Waals surface area (Å²) in [7, 11) is 0. The Labute approximate surface area is 565 Å². The van der Waals surface area contributed by atoms with Crippen LogP contribution in [-0.4, -0.2) is 164 Å². The molecule has 15 N–H and O–H groups in total. The van der Waals surface area contributed by atoms with Crippen molar-refractivity contribution in [1.29, 1.82) is 0 Å². The van der Waals surface area contributed by atoms with E-state index in [0.717, 1.165) is 70.6 Å². The van der Waals surface area contributed by atoms with E-state index in [2.05, 4.69) is 44.4 Å². The molecule has 0 heterocycles. The average molecular weight is 1380 g/mol. The van der Waals surface area contributed by atoms with E-state index in [4.69, 9.17) is 60.6 Å². The zero-order valence-corrected chi connectivity index (χ0v) is 56.5. The molecule has 546 valence electrons. The summed E-state index contributed by atoms with van der Waals surface area (Å²) in [5.74, 6) is 1.66. The van der Waals surface area contributed by atoms with Crippen LogP contribution in [0.4, 0.5) is 31.9 Å². The minimum Gasteiger partial charge on any atom is -0.481 e. The number of ether oxygens (including phenoxy) is 3. The van der Waals surface area contributed by atoms with E-state index >= 15 is 0 Å². The molecule has 0 saturated heterocycles. The summed E-state index contributed by atoms with van der Waals surface area (Å²) in [6.07, 6.45) is 19.0. The summed E-state index contributed by atoms with van der Waals surface area (Å²) in [5, 5.41) is 43.8. The zero-order valence-electron chi connectivity index (χ0n) is 56.5. The fourth-order valence-electron chi connectivity index (χ4n) is 13.2. The van der Waals surface area contributed by atoms with Gasteiger partial charge in [0.2, 0.25) is 17.6 Å². The van der Waals surface area contributed by atoms with Crippen molar-refractivity contribution in [2.75, 3.05) is 19.8 Å². The van der Waals surface area contributed by atoms with Gasteiger partial charge in [0.05, 0.1) is 43.4 Å². The number of carbonyl (C=O) groups is 11. The first-order valence-corrected chi connectivity index (χ1v) is 33.5. The largest absolute Gasteiger partial charge is 0.481 e. The number of aliphatic hydroxyl groups excluding tert-OH is 2. The van der Waals surface area contributed by atoms with Crippen LogP contribution >= 0.6 is 0 Å². The van der Waals surface area contributed by atoms with E-state index in [-0.39, 0.29) is 58.3 Å². The number of carboxylic acids is 2. The molecule has 0 aromatic carbocycles. The Bertz CT molecular complexity index is 2800. The summed E-state index contributed by atoms with van der Waals surface area (Å²) < 4.78 is 71.8. The van der Waals surface area contributed by atoms with Crippen molar-refractivity contribution < 1.29 is 105 Å². The van der Waals surface area contributed by atoms with Crippen molar-refractivity contribution in [2.24, 2.45) is 39.7 Å². The fourth-order valence-corrected chi connectivity index (χ4v) is 13.2. The van der Waals surface area contributed by atoms with E-state index in [9.17, 15) is 75.4 Å². The molecule has 7 fully saturated rings. The maximum Gasteiger partial charge on any atom is 0.407 e. The molecule has 0 aliphatic heterocycles. The summed E-state index contributed by atoms with van der Waals surface area (Å²) in [6, 6.07) is -3.36. The maximum absolute atomic E-state index is 14.9. The molecule has 7 rings (SSSR count). The number of aliphatic carboxylic acids is 2. The summed E-state index contributed by atoms with van der Waals surface area (Å²) in [6.45, 7) is 6.86. The zero-order chi connectivity index (χ0) is 73.4. The first-order chi connectivity index (χ1) is 45.4. The molecule has 0 aromatic heterocycles. The number of hydrogen-bond donors (Lipinski definition) is 11. The number of alkyl carbamates (subject to hydrolysis) is 3. The first-order valence-electron chi connectivity index (χ1n) is 33.5. The van der Waals surface area contributed by atoms with Crippen molar-refractivity contribution in [3.05, 3.63) is 0 Å². The van der Waals surface area contributed by atoms with Gasteiger partial charge in [-0.3, -0.25) is 33.6 Å². The van der Waals surface area contributed by atoms with Crippen molar-refractivity contribution in [1.82, 2.24) is 16.0 Å². The smallest absolute Gasteiger partial charge is 0.407 e. The fraction of sp³-hybridized carbons (Fsp3) is 0.750. The van der Waals surface area contributed by atoms with Gasteiger partial charge in [0.1, 0.15) is 40.9 Å². The van der Waals surface area contributed by atoms with Crippen LogP contribution < -0.4 is 38.9 Å². The van der Waals surface area contributed by atoms with Gasteiger partial charge < -0.3 is 73.5 Å². The Balaban J connectivity index is 0.000000419. The number of halogens is 4. The highest BCUT2D eigenvalue weighted by molar-refractivity contribution is 6.38. The third-order valence-electron chi connectivity index (χ3n) is 19.1. The van der Waals surface area contributed by atoms with E-state index in [0.29, 0.717) is 89.9 Å². The number of aliphatic hydroxyl groups is 2. The van der Waals surface area contributed by atoms with Crippen molar-refractivity contribution in [3.8, 4) is 36.5 Å². The molecule has 0 bridgehead atoms. The minimum atomic E-state index is -1.51. The second-order valence-corrected chi connectivity index (χ2v) is 26.6. The van der Waals surface area contributed by atoms with Crippen LogP contribution in [0.15, 0.2) is 0 Å². The lowest BCUT2D eigenvalue weighted by molar-refractivity contribution is -0.148. The summed E-state index contributed by atoms with van der Waals surface area (Å²) in [5.41, 5.74) is 12.4. The Morgan fingerprint density at radius 3 is 1.03 bits per heavy atom. The number of Topliss-reactive ketones (excluding diaryl/α,β-unsaturated/α-hetero) is 3. The Hall–Kier alpha value is -7.55. The van der Waals surface area contributed by atoms with Crippen LogP contribution in [0.5, 0.6) is 0 Å². The summed E-state index contributed by atoms with van der Waals surface area (Å²) >= 11 is 0. The van der Waals surface area contributed by atoms with Crippen LogP contribution in [0.3, 0.4) is 0 Å². The Kier molecular flexibility index (Phi) is 35.6. The van der Waals surface area contributed by atoms with Gasteiger partial charge in [0.25, 0.3) is 5.91 Å².